The standard InChI is InChI=1S/C14H23N3O3/c1-19-12(9-5-3-2-4-6-9)13-16-14(20-17-13)11-7-10(18)8-15-11/h9-12,15,18H,2-8H2,1H3/t10-,11+,12?/m1/s1. The smallest absolute Gasteiger partial charge is 0.243 e. The first kappa shape index (κ1) is 14.0. The molecule has 3 atom stereocenters. The number of methoxy groups -OCH3 is 1. The molecular formula is C14H23N3O3. The molecule has 2 aliphatic rings. The van der Waals surface area contributed by atoms with Crippen LogP contribution in [0.3, 0.4) is 0 Å². The zero-order valence-electron chi connectivity index (χ0n) is 11.9. The van der Waals surface area contributed by atoms with Crippen LogP contribution in [0.1, 0.15) is 62.4 Å². The van der Waals surface area contributed by atoms with Crippen LogP contribution in [-0.2, 0) is 4.74 Å². The van der Waals surface area contributed by atoms with E-state index in [9.17, 15) is 5.11 Å². The van der Waals surface area contributed by atoms with Gasteiger partial charge in [-0.1, -0.05) is 24.4 Å². The predicted octanol–water partition coefficient (Wildman–Crippen LogP) is 1.73. The van der Waals surface area contributed by atoms with Gasteiger partial charge >= 0.3 is 0 Å². The van der Waals surface area contributed by atoms with Crippen LogP contribution >= 0.6 is 0 Å². The Bertz CT molecular complexity index is 431. The first-order chi connectivity index (χ1) is 9.78. The molecule has 2 heterocycles. The molecular weight excluding hydrogens is 258 g/mol. The van der Waals surface area contributed by atoms with Crippen molar-refractivity contribution in [1.29, 1.82) is 0 Å². The second-order valence-corrected chi connectivity index (χ2v) is 5.90. The van der Waals surface area contributed by atoms with Crippen molar-refractivity contribution in [2.75, 3.05) is 13.7 Å². The maximum Gasteiger partial charge on any atom is 0.243 e. The summed E-state index contributed by atoms with van der Waals surface area (Å²) >= 11 is 0. The van der Waals surface area contributed by atoms with Crippen LogP contribution in [0.25, 0.3) is 0 Å². The largest absolute Gasteiger partial charge is 0.392 e. The van der Waals surface area contributed by atoms with Crippen molar-refractivity contribution in [3.63, 3.8) is 0 Å². The van der Waals surface area contributed by atoms with Crippen LogP contribution in [0.15, 0.2) is 4.52 Å². The monoisotopic (exact) mass is 281 g/mol. The number of aromatic nitrogens is 2. The minimum Gasteiger partial charge on any atom is -0.392 e. The Balaban J connectivity index is 1.70. The molecule has 0 aromatic carbocycles. The van der Waals surface area contributed by atoms with E-state index >= 15 is 0 Å². The molecule has 1 aliphatic carbocycles. The zero-order valence-corrected chi connectivity index (χ0v) is 11.9. The molecule has 0 amide bonds. The second-order valence-electron chi connectivity index (χ2n) is 5.90. The van der Waals surface area contributed by atoms with E-state index in [2.05, 4.69) is 15.5 Å². The fraction of sp³-hybridized carbons (Fsp3) is 0.857. The number of rotatable bonds is 4. The lowest BCUT2D eigenvalue weighted by atomic mass is 9.85. The quantitative estimate of drug-likeness (QED) is 0.875. The molecule has 0 spiro atoms. The highest BCUT2D eigenvalue weighted by molar-refractivity contribution is 5.00. The van der Waals surface area contributed by atoms with Gasteiger partial charge in [-0.3, -0.25) is 0 Å². The molecule has 3 rings (SSSR count). The van der Waals surface area contributed by atoms with E-state index in [1.54, 1.807) is 7.11 Å². The van der Waals surface area contributed by atoms with Gasteiger partial charge in [0, 0.05) is 13.7 Å². The molecule has 1 aliphatic heterocycles. The van der Waals surface area contributed by atoms with Gasteiger partial charge in [-0.2, -0.15) is 4.98 Å². The van der Waals surface area contributed by atoms with E-state index in [1.165, 1.54) is 32.1 Å². The average molecular weight is 281 g/mol. The van der Waals surface area contributed by atoms with Crippen molar-refractivity contribution < 1.29 is 14.4 Å². The summed E-state index contributed by atoms with van der Waals surface area (Å²) in [6, 6.07) is -0.0323. The molecule has 6 nitrogen and oxygen atoms in total. The minimum absolute atomic E-state index is 0.0323. The summed E-state index contributed by atoms with van der Waals surface area (Å²) in [6.07, 6.45) is 6.39. The summed E-state index contributed by atoms with van der Waals surface area (Å²) in [5.74, 6) is 1.70. The SMILES string of the molecule is COC(c1noc([C@@H]2C[C@@H](O)CN2)n1)C1CCCCC1. The Morgan fingerprint density at radius 1 is 1.35 bits per heavy atom. The highest BCUT2D eigenvalue weighted by atomic mass is 16.5. The summed E-state index contributed by atoms with van der Waals surface area (Å²) < 4.78 is 11.0. The molecule has 0 radical (unpaired) electrons. The van der Waals surface area contributed by atoms with Gasteiger partial charge in [-0.15, -0.1) is 0 Å². The molecule has 1 aromatic rings. The molecule has 20 heavy (non-hydrogen) atoms. The summed E-state index contributed by atoms with van der Waals surface area (Å²) in [5.41, 5.74) is 0. The van der Waals surface area contributed by atoms with Crippen LogP contribution in [0.5, 0.6) is 0 Å². The maximum absolute atomic E-state index is 9.55. The van der Waals surface area contributed by atoms with Gasteiger partial charge in [0.15, 0.2) is 0 Å². The zero-order chi connectivity index (χ0) is 13.9. The minimum atomic E-state index is -0.327. The number of hydrogen-bond donors (Lipinski definition) is 2. The normalized spacial score (nSPS) is 29.7. The van der Waals surface area contributed by atoms with Gasteiger partial charge in [-0.05, 0) is 25.2 Å². The van der Waals surface area contributed by atoms with E-state index < -0.39 is 0 Å². The number of aliphatic hydroxyl groups excluding tert-OH is 1. The molecule has 0 bridgehead atoms. The van der Waals surface area contributed by atoms with E-state index in [0.29, 0.717) is 30.6 Å². The van der Waals surface area contributed by atoms with Crippen LogP contribution in [-0.4, -0.2) is 35.0 Å². The summed E-state index contributed by atoms with van der Waals surface area (Å²) in [4.78, 5) is 4.50. The summed E-state index contributed by atoms with van der Waals surface area (Å²) in [6.45, 7) is 0.582. The number of hydrogen-bond acceptors (Lipinski definition) is 6. The highest BCUT2D eigenvalue weighted by Crippen LogP contribution is 2.35. The Morgan fingerprint density at radius 2 is 2.15 bits per heavy atom. The van der Waals surface area contributed by atoms with Gasteiger partial charge in [0.2, 0.25) is 11.7 Å². The number of aliphatic hydroxyl groups is 1. The third-order valence-corrected chi connectivity index (χ3v) is 4.45. The Morgan fingerprint density at radius 3 is 2.80 bits per heavy atom. The lowest BCUT2D eigenvalue weighted by molar-refractivity contribution is 0.0273. The lowest BCUT2D eigenvalue weighted by Crippen LogP contribution is -2.19. The number of ether oxygens (including phenoxy) is 1. The van der Waals surface area contributed by atoms with Gasteiger partial charge in [-0.25, -0.2) is 0 Å². The van der Waals surface area contributed by atoms with Gasteiger partial charge < -0.3 is 19.7 Å². The van der Waals surface area contributed by atoms with Crippen molar-refractivity contribution in [3.05, 3.63) is 11.7 Å². The van der Waals surface area contributed by atoms with Crippen molar-refractivity contribution in [2.45, 2.75) is 56.8 Å². The van der Waals surface area contributed by atoms with E-state index in [-0.39, 0.29) is 18.2 Å². The molecule has 6 heteroatoms. The molecule has 1 saturated carbocycles. The summed E-state index contributed by atoms with van der Waals surface area (Å²) in [7, 11) is 1.72. The predicted molar refractivity (Wildman–Crippen MR) is 72.0 cm³/mol. The van der Waals surface area contributed by atoms with Crippen molar-refractivity contribution in [3.8, 4) is 0 Å². The van der Waals surface area contributed by atoms with Crippen LogP contribution in [0.2, 0.25) is 0 Å². The van der Waals surface area contributed by atoms with Gasteiger partial charge in [0.25, 0.3) is 0 Å². The van der Waals surface area contributed by atoms with E-state index in [0.717, 1.165) is 0 Å². The third kappa shape index (κ3) is 2.87. The number of nitrogens with zero attached hydrogens (tertiary/aromatic N) is 2. The first-order valence-electron chi connectivity index (χ1n) is 7.55. The third-order valence-electron chi connectivity index (χ3n) is 4.45. The Kier molecular flexibility index (Phi) is 4.33. The fourth-order valence-electron chi connectivity index (χ4n) is 3.36. The molecule has 2 N–H and O–H groups in total. The molecule has 1 aromatic heterocycles. The maximum atomic E-state index is 9.55. The van der Waals surface area contributed by atoms with Crippen LogP contribution in [0.4, 0.5) is 0 Å². The van der Waals surface area contributed by atoms with Gasteiger partial charge in [0.1, 0.15) is 6.10 Å². The first-order valence-corrected chi connectivity index (χ1v) is 7.55. The molecule has 1 saturated heterocycles. The van der Waals surface area contributed by atoms with E-state index in [1.807, 2.05) is 0 Å². The van der Waals surface area contributed by atoms with Crippen LogP contribution < -0.4 is 5.32 Å². The highest BCUT2D eigenvalue weighted by Gasteiger charge is 2.32. The van der Waals surface area contributed by atoms with Crippen molar-refractivity contribution in [2.24, 2.45) is 5.92 Å². The van der Waals surface area contributed by atoms with Crippen molar-refractivity contribution in [1.82, 2.24) is 15.5 Å². The fourth-order valence-corrected chi connectivity index (χ4v) is 3.36. The van der Waals surface area contributed by atoms with Crippen molar-refractivity contribution >= 4 is 0 Å². The number of nitrogens with one attached hydrogen (secondary N) is 1. The van der Waals surface area contributed by atoms with Crippen LogP contribution in [0, 0.1) is 5.92 Å². The topological polar surface area (TPSA) is 80.4 Å². The molecule has 1 unspecified atom stereocenters. The average Bonchev–Trinajstić information content (AvgIpc) is 3.10. The summed E-state index contributed by atoms with van der Waals surface area (Å²) in [5, 5.41) is 16.8. The Labute approximate surface area is 118 Å². The lowest BCUT2D eigenvalue weighted by Gasteiger charge is -2.26. The molecule has 112 valence electrons. The Hall–Kier alpha value is -0.980. The second kappa shape index (κ2) is 6.20. The number of β-amino-alcohol motifs (C(OH)–C–C–N with tert-alkyl or cyclic N) is 1. The van der Waals surface area contributed by atoms with E-state index in [4.69, 9.17) is 9.26 Å². The van der Waals surface area contributed by atoms with Gasteiger partial charge in [0.05, 0.1) is 12.1 Å². The molecule has 2 fully saturated rings.